The van der Waals surface area contributed by atoms with Crippen molar-refractivity contribution in [2.45, 2.75) is 26.8 Å². The lowest BCUT2D eigenvalue weighted by atomic mass is 10.2. The molecule has 5 nitrogen and oxygen atoms in total. The Balaban J connectivity index is 3.67. The maximum Gasteiger partial charge on any atom is 0.239 e. The highest BCUT2D eigenvalue weighted by molar-refractivity contribution is 5.87. The van der Waals surface area contributed by atoms with Gasteiger partial charge in [0.1, 0.15) is 0 Å². The van der Waals surface area contributed by atoms with Crippen LogP contribution in [0.25, 0.3) is 0 Å². The molecule has 0 aromatic carbocycles. The molecule has 0 saturated heterocycles. The first kappa shape index (κ1) is 13.9. The number of hydrogen-bond acceptors (Lipinski definition) is 3. The van der Waals surface area contributed by atoms with E-state index < -0.39 is 0 Å². The lowest BCUT2D eigenvalue weighted by molar-refractivity contribution is -0.127. The molecular weight excluding hydrogens is 194 g/mol. The zero-order chi connectivity index (χ0) is 11.8. The van der Waals surface area contributed by atoms with Crippen LogP contribution in [0.5, 0.6) is 0 Å². The predicted molar refractivity (Wildman–Crippen MR) is 59.4 cm³/mol. The lowest BCUT2D eigenvalue weighted by Crippen LogP contribution is -2.45. The zero-order valence-corrected chi connectivity index (χ0v) is 9.89. The van der Waals surface area contributed by atoms with Crippen molar-refractivity contribution < 1.29 is 9.59 Å². The summed E-state index contributed by atoms with van der Waals surface area (Å²) < 4.78 is 0. The molecule has 0 spiro atoms. The number of rotatable bonds is 6. The molecule has 0 aliphatic carbocycles. The fourth-order valence-corrected chi connectivity index (χ4v) is 0.832. The maximum atomic E-state index is 11.3. The number of hydrogen-bond donors (Lipinski definition) is 3. The van der Waals surface area contributed by atoms with E-state index in [0.29, 0.717) is 12.5 Å². The Hall–Kier alpha value is -1.10. The third-order valence-electron chi connectivity index (χ3n) is 1.96. The molecule has 0 aliphatic rings. The third-order valence-corrected chi connectivity index (χ3v) is 1.96. The van der Waals surface area contributed by atoms with Crippen molar-refractivity contribution >= 4 is 11.8 Å². The molecule has 5 heteroatoms. The standard InChI is InChI=1S/C10H21N3O2/c1-7(2)5-12-9(14)6-13-10(15)8(3)11-4/h7-8,11H,5-6H2,1-4H3,(H,12,14)(H,13,15). The van der Waals surface area contributed by atoms with Crippen LogP contribution in [0.1, 0.15) is 20.8 Å². The molecule has 0 saturated carbocycles. The highest BCUT2D eigenvalue weighted by Crippen LogP contribution is 1.86. The first-order valence-corrected chi connectivity index (χ1v) is 5.19. The SMILES string of the molecule is CNC(C)C(=O)NCC(=O)NCC(C)C. The van der Waals surface area contributed by atoms with Gasteiger partial charge in [0.25, 0.3) is 0 Å². The average molecular weight is 215 g/mol. The van der Waals surface area contributed by atoms with Crippen molar-refractivity contribution in [1.29, 1.82) is 0 Å². The second kappa shape index (κ2) is 7.23. The van der Waals surface area contributed by atoms with Gasteiger partial charge in [0.15, 0.2) is 0 Å². The van der Waals surface area contributed by atoms with Crippen molar-refractivity contribution in [3.8, 4) is 0 Å². The number of carbonyl (C=O) groups excluding carboxylic acids is 2. The first-order chi connectivity index (χ1) is 6.97. The highest BCUT2D eigenvalue weighted by atomic mass is 16.2. The molecule has 0 rings (SSSR count). The third kappa shape index (κ3) is 6.90. The van der Waals surface area contributed by atoms with Crippen LogP contribution < -0.4 is 16.0 Å². The van der Waals surface area contributed by atoms with Crippen molar-refractivity contribution in [1.82, 2.24) is 16.0 Å². The monoisotopic (exact) mass is 215 g/mol. The Morgan fingerprint density at radius 2 is 1.73 bits per heavy atom. The van der Waals surface area contributed by atoms with Gasteiger partial charge in [-0.2, -0.15) is 0 Å². The smallest absolute Gasteiger partial charge is 0.239 e. The normalized spacial score (nSPS) is 12.3. The Kier molecular flexibility index (Phi) is 6.70. The Labute approximate surface area is 91.0 Å². The summed E-state index contributed by atoms with van der Waals surface area (Å²) in [5, 5.41) is 8.06. The molecule has 0 heterocycles. The minimum Gasteiger partial charge on any atom is -0.354 e. The van der Waals surface area contributed by atoms with E-state index in [1.54, 1.807) is 14.0 Å². The quantitative estimate of drug-likeness (QED) is 0.558. The van der Waals surface area contributed by atoms with E-state index in [-0.39, 0.29) is 24.4 Å². The molecular formula is C10H21N3O2. The van der Waals surface area contributed by atoms with Gasteiger partial charge < -0.3 is 16.0 Å². The summed E-state index contributed by atoms with van der Waals surface area (Å²) in [6.45, 7) is 6.44. The van der Waals surface area contributed by atoms with E-state index >= 15 is 0 Å². The van der Waals surface area contributed by atoms with Gasteiger partial charge in [0, 0.05) is 6.54 Å². The Morgan fingerprint density at radius 1 is 1.13 bits per heavy atom. The summed E-state index contributed by atoms with van der Waals surface area (Å²) in [7, 11) is 1.70. The molecule has 0 bridgehead atoms. The molecule has 1 atom stereocenters. The van der Waals surface area contributed by atoms with Gasteiger partial charge in [0.05, 0.1) is 12.6 Å². The largest absolute Gasteiger partial charge is 0.354 e. The fraction of sp³-hybridized carbons (Fsp3) is 0.800. The fourth-order valence-electron chi connectivity index (χ4n) is 0.832. The maximum absolute atomic E-state index is 11.3. The van der Waals surface area contributed by atoms with Gasteiger partial charge in [0.2, 0.25) is 11.8 Å². The summed E-state index contributed by atoms with van der Waals surface area (Å²) in [5.74, 6) is 0.0958. The van der Waals surface area contributed by atoms with E-state index in [2.05, 4.69) is 16.0 Å². The van der Waals surface area contributed by atoms with Gasteiger partial charge >= 0.3 is 0 Å². The van der Waals surface area contributed by atoms with Gasteiger partial charge in [-0.1, -0.05) is 13.8 Å². The van der Waals surface area contributed by atoms with E-state index in [1.807, 2.05) is 13.8 Å². The van der Waals surface area contributed by atoms with Gasteiger partial charge in [-0.3, -0.25) is 9.59 Å². The van der Waals surface area contributed by atoms with Crippen molar-refractivity contribution in [3.05, 3.63) is 0 Å². The van der Waals surface area contributed by atoms with Crippen LogP contribution in [0.2, 0.25) is 0 Å². The molecule has 3 N–H and O–H groups in total. The lowest BCUT2D eigenvalue weighted by Gasteiger charge is -2.11. The number of likely N-dealkylation sites (N-methyl/N-ethyl adjacent to an activating group) is 1. The molecule has 0 radical (unpaired) electrons. The minimum absolute atomic E-state index is 0.0393. The van der Waals surface area contributed by atoms with Crippen LogP contribution in [0.3, 0.4) is 0 Å². The summed E-state index contributed by atoms with van der Waals surface area (Å²) in [6, 6.07) is -0.275. The van der Waals surface area contributed by atoms with Gasteiger partial charge in [-0.25, -0.2) is 0 Å². The van der Waals surface area contributed by atoms with Crippen molar-refractivity contribution in [2.75, 3.05) is 20.1 Å². The van der Waals surface area contributed by atoms with E-state index in [1.165, 1.54) is 0 Å². The van der Waals surface area contributed by atoms with Crippen LogP contribution in [-0.2, 0) is 9.59 Å². The van der Waals surface area contributed by atoms with Gasteiger partial charge in [-0.05, 0) is 19.9 Å². The Bertz CT molecular complexity index is 217. The van der Waals surface area contributed by atoms with Crippen LogP contribution in [-0.4, -0.2) is 38.0 Å². The summed E-state index contributed by atoms with van der Waals surface area (Å²) in [6.07, 6.45) is 0. The molecule has 0 aromatic heterocycles. The van der Waals surface area contributed by atoms with Crippen LogP contribution in [0.15, 0.2) is 0 Å². The summed E-state index contributed by atoms with van der Waals surface area (Å²) in [4.78, 5) is 22.5. The second-order valence-corrected chi connectivity index (χ2v) is 3.93. The second-order valence-electron chi connectivity index (χ2n) is 3.93. The topological polar surface area (TPSA) is 70.2 Å². The van der Waals surface area contributed by atoms with Crippen LogP contribution in [0, 0.1) is 5.92 Å². The van der Waals surface area contributed by atoms with E-state index in [4.69, 9.17) is 0 Å². The molecule has 0 aliphatic heterocycles. The molecule has 2 amide bonds. The van der Waals surface area contributed by atoms with E-state index in [0.717, 1.165) is 0 Å². The van der Waals surface area contributed by atoms with Crippen LogP contribution >= 0.6 is 0 Å². The van der Waals surface area contributed by atoms with Crippen LogP contribution in [0.4, 0.5) is 0 Å². The summed E-state index contributed by atoms with van der Waals surface area (Å²) in [5.41, 5.74) is 0. The average Bonchev–Trinajstić information content (AvgIpc) is 2.21. The molecule has 88 valence electrons. The van der Waals surface area contributed by atoms with Gasteiger partial charge in [-0.15, -0.1) is 0 Å². The zero-order valence-electron chi connectivity index (χ0n) is 9.89. The van der Waals surface area contributed by atoms with Crippen molar-refractivity contribution in [2.24, 2.45) is 5.92 Å². The predicted octanol–water partition coefficient (Wildman–Crippen LogP) is -0.517. The summed E-state index contributed by atoms with van der Waals surface area (Å²) >= 11 is 0. The molecule has 15 heavy (non-hydrogen) atoms. The minimum atomic E-state index is -0.275. The first-order valence-electron chi connectivity index (χ1n) is 5.19. The van der Waals surface area contributed by atoms with Crippen molar-refractivity contribution in [3.63, 3.8) is 0 Å². The molecule has 0 aromatic rings. The molecule has 0 fully saturated rings. The molecule has 1 unspecified atom stereocenters. The number of amides is 2. The van der Waals surface area contributed by atoms with E-state index in [9.17, 15) is 9.59 Å². The Morgan fingerprint density at radius 3 is 2.20 bits per heavy atom. The highest BCUT2D eigenvalue weighted by Gasteiger charge is 2.10. The number of nitrogens with one attached hydrogen (secondary N) is 3. The number of carbonyl (C=O) groups is 2.